The van der Waals surface area contributed by atoms with E-state index in [9.17, 15) is 9.59 Å². The Balaban J connectivity index is 1.78. The lowest BCUT2D eigenvalue weighted by Crippen LogP contribution is -2.19. The number of amides is 1. The third kappa shape index (κ3) is 4.03. The Morgan fingerprint density at radius 2 is 1.85 bits per heavy atom. The molecule has 1 heterocycles. The minimum Gasteiger partial charge on any atom is -0.465 e. The maximum absolute atomic E-state index is 12.2. The van der Waals surface area contributed by atoms with Crippen molar-refractivity contribution in [2.75, 3.05) is 7.11 Å². The van der Waals surface area contributed by atoms with Gasteiger partial charge < -0.3 is 10.1 Å². The highest BCUT2D eigenvalue weighted by molar-refractivity contribution is 8.18. The van der Waals surface area contributed by atoms with E-state index >= 15 is 0 Å². The highest BCUT2D eigenvalue weighted by Gasteiger charge is 2.23. The van der Waals surface area contributed by atoms with Crippen molar-refractivity contribution in [1.29, 1.82) is 0 Å². The van der Waals surface area contributed by atoms with E-state index in [1.54, 1.807) is 30.3 Å². The largest absolute Gasteiger partial charge is 0.465 e. The molecule has 0 aromatic heterocycles. The van der Waals surface area contributed by atoms with Gasteiger partial charge in [0.25, 0.3) is 5.91 Å². The molecule has 3 rings (SSSR count). The molecule has 0 radical (unpaired) electrons. The third-order valence-electron chi connectivity index (χ3n) is 4.00. The van der Waals surface area contributed by atoms with Gasteiger partial charge in [-0.1, -0.05) is 18.2 Å². The molecule has 132 valence electrons. The number of esters is 1. The molecular weight excluding hydrogens is 348 g/mol. The minimum absolute atomic E-state index is 0.186. The average molecular weight is 366 g/mol. The summed E-state index contributed by atoms with van der Waals surface area (Å²) in [5, 5.41) is 3.33. The summed E-state index contributed by atoms with van der Waals surface area (Å²) in [6.07, 6.45) is 1.77. The number of hydrogen-bond acceptors (Lipinski definition) is 5. The van der Waals surface area contributed by atoms with Crippen LogP contribution in [0.15, 0.2) is 52.4 Å². The van der Waals surface area contributed by atoms with E-state index in [2.05, 4.69) is 15.0 Å². The standard InChI is InChI=1S/C20H18N2O3S/c1-12-4-9-16(10-13(12)2)21-20-22-18(23)17(26-20)11-14-5-7-15(8-6-14)19(24)25-3/h4-11H,1-3H3,(H,21,22,23)/b17-11-. The smallest absolute Gasteiger partial charge is 0.337 e. The minimum atomic E-state index is -0.389. The number of hydrogen-bond donors (Lipinski definition) is 1. The van der Waals surface area contributed by atoms with Gasteiger partial charge in [0.05, 0.1) is 23.3 Å². The lowest BCUT2D eigenvalue weighted by molar-refractivity contribution is -0.115. The number of ether oxygens (including phenoxy) is 1. The first-order chi connectivity index (χ1) is 12.5. The summed E-state index contributed by atoms with van der Waals surface area (Å²) in [6, 6.07) is 12.8. The van der Waals surface area contributed by atoms with Gasteiger partial charge in [-0.3, -0.25) is 4.79 Å². The van der Waals surface area contributed by atoms with Gasteiger partial charge in [-0.05, 0) is 72.6 Å². The first kappa shape index (κ1) is 17.9. The van der Waals surface area contributed by atoms with Crippen molar-refractivity contribution < 1.29 is 14.3 Å². The van der Waals surface area contributed by atoms with Gasteiger partial charge in [-0.15, -0.1) is 0 Å². The fraction of sp³-hybridized carbons (Fsp3) is 0.150. The fourth-order valence-corrected chi connectivity index (χ4v) is 3.22. The molecule has 0 saturated carbocycles. The molecule has 0 bridgehead atoms. The topological polar surface area (TPSA) is 67.8 Å². The number of benzene rings is 2. The second-order valence-electron chi connectivity index (χ2n) is 5.86. The Morgan fingerprint density at radius 1 is 1.12 bits per heavy atom. The molecule has 2 aromatic carbocycles. The number of thioether (sulfide) groups is 1. The predicted octanol–water partition coefficient (Wildman–Crippen LogP) is 3.98. The summed E-state index contributed by atoms with van der Waals surface area (Å²) in [4.78, 5) is 28.7. The van der Waals surface area contributed by atoms with E-state index < -0.39 is 0 Å². The van der Waals surface area contributed by atoms with E-state index in [1.807, 2.05) is 32.0 Å². The van der Waals surface area contributed by atoms with Crippen molar-refractivity contribution in [2.45, 2.75) is 13.8 Å². The molecule has 1 amide bonds. The van der Waals surface area contributed by atoms with Crippen LogP contribution in [0.3, 0.4) is 0 Å². The van der Waals surface area contributed by atoms with Crippen LogP contribution in [-0.4, -0.2) is 24.2 Å². The van der Waals surface area contributed by atoms with Crippen LogP contribution < -0.4 is 5.32 Å². The molecule has 1 N–H and O–H groups in total. The number of carbonyl (C=O) groups excluding carboxylic acids is 2. The van der Waals surface area contributed by atoms with Gasteiger partial charge in [-0.2, -0.15) is 0 Å². The van der Waals surface area contributed by atoms with Crippen LogP contribution in [0.1, 0.15) is 27.0 Å². The zero-order valence-electron chi connectivity index (χ0n) is 14.7. The maximum atomic E-state index is 12.2. The number of nitrogens with one attached hydrogen (secondary N) is 1. The maximum Gasteiger partial charge on any atom is 0.337 e. The Kier molecular flexibility index (Phi) is 5.23. The first-order valence-electron chi connectivity index (χ1n) is 8.01. The Hall–Kier alpha value is -2.86. The van der Waals surface area contributed by atoms with Gasteiger partial charge in [0.15, 0.2) is 5.17 Å². The number of methoxy groups -OCH3 is 1. The Labute approximate surface area is 156 Å². The van der Waals surface area contributed by atoms with E-state index in [4.69, 9.17) is 0 Å². The van der Waals surface area contributed by atoms with Crippen molar-refractivity contribution >= 4 is 40.6 Å². The van der Waals surface area contributed by atoms with E-state index in [-0.39, 0.29) is 11.9 Å². The predicted molar refractivity (Wildman–Crippen MR) is 105 cm³/mol. The summed E-state index contributed by atoms with van der Waals surface area (Å²) in [6.45, 7) is 4.08. The number of carbonyl (C=O) groups is 2. The van der Waals surface area contributed by atoms with Crippen molar-refractivity contribution in [2.24, 2.45) is 4.99 Å². The van der Waals surface area contributed by atoms with Crippen molar-refractivity contribution in [3.63, 3.8) is 0 Å². The number of rotatable bonds is 3. The number of aliphatic imine (C=N–C) groups is 1. The van der Waals surface area contributed by atoms with Gasteiger partial charge in [0.1, 0.15) is 0 Å². The molecule has 5 nitrogen and oxygen atoms in total. The molecule has 0 aliphatic carbocycles. The van der Waals surface area contributed by atoms with Crippen molar-refractivity contribution in [3.05, 3.63) is 69.6 Å². The van der Waals surface area contributed by atoms with E-state index in [0.717, 1.165) is 16.8 Å². The Bertz CT molecular complexity index is 931. The van der Waals surface area contributed by atoms with E-state index in [1.165, 1.54) is 24.4 Å². The van der Waals surface area contributed by atoms with Crippen molar-refractivity contribution in [1.82, 2.24) is 5.32 Å². The lowest BCUT2D eigenvalue weighted by Gasteiger charge is -2.01. The second kappa shape index (κ2) is 7.58. The number of amidine groups is 1. The van der Waals surface area contributed by atoms with Gasteiger partial charge in [0.2, 0.25) is 0 Å². The van der Waals surface area contributed by atoms with Crippen molar-refractivity contribution in [3.8, 4) is 0 Å². The molecule has 1 saturated heterocycles. The molecule has 6 heteroatoms. The summed E-state index contributed by atoms with van der Waals surface area (Å²) in [5.74, 6) is -0.574. The van der Waals surface area contributed by atoms with Crippen LogP contribution in [0.25, 0.3) is 6.08 Å². The number of nitrogens with zero attached hydrogens (tertiary/aromatic N) is 1. The monoisotopic (exact) mass is 366 g/mol. The van der Waals surface area contributed by atoms with Crippen LogP contribution in [-0.2, 0) is 9.53 Å². The third-order valence-corrected chi connectivity index (χ3v) is 4.91. The Morgan fingerprint density at radius 3 is 2.50 bits per heavy atom. The molecular formula is C20H18N2O3S. The summed E-state index contributed by atoms with van der Waals surface area (Å²) in [7, 11) is 1.34. The van der Waals surface area contributed by atoms with Crippen LogP contribution in [0.2, 0.25) is 0 Å². The number of aryl methyl sites for hydroxylation is 2. The molecule has 0 atom stereocenters. The second-order valence-corrected chi connectivity index (χ2v) is 6.89. The van der Waals surface area contributed by atoms with E-state index in [0.29, 0.717) is 15.6 Å². The molecule has 1 aliphatic rings. The SMILES string of the molecule is COC(=O)c1ccc(/C=C2\SC(=Nc3ccc(C)c(C)c3)NC2=O)cc1. The summed E-state index contributed by atoms with van der Waals surface area (Å²) >= 11 is 1.29. The zero-order chi connectivity index (χ0) is 18.7. The van der Waals surface area contributed by atoms with Crippen LogP contribution in [0, 0.1) is 13.8 Å². The van der Waals surface area contributed by atoms with Gasteiger partial charge >= 0.3 is 5.97 Å². The average Bonchev–Trinajstić information content (AvgIpc) is 2.97. The zero-order valence-corrected chi connectivity index (χ0v) is 15.5. The van der Waals surface area contributed by atoms with Gasteiger partial charge in [0, 0.05) is 0 Å². The molecule has 0 unspecified atom stereocenters. The first-order valence-corrected chi connectivity index (χ1v) is 8.83. The molecule has 1 aliphatic heterocycles. The van der Waals surface area contributed by atoms with Gasteiger partial charge in [-0.25, -0.2) is 9.79 Å². The summed E-state index contributed by atoms with van der Waals surface area (Å²) < 4.78 is 4.67. The van der Waals surface area contributed by atoms with Crippen LogP contribution in [0.5, 0.6) is 0 Å². The molecule has 1 fully saturated rings. The molecule has 0 spiro atoms. The summed E-state index contributed by atoms with van der Waals surface area (Å²) in [5.41, 5.74) is 4.45. The quantitative estimate of drug-likeness (QED) is 0.659. The normalized spacial score (nSPS) is 16.8. The molecule has 26 heavy (non-hydrogen) atoms. The van der Waals surface area contributed by atoms with Crippen LogP contribution in [0.4, 0.5) is 5.69 Å². The lowest BCUT2D eigenvalue weighted by atomic mass is 10.1. The van der Waals surface area contributed by atoms with Crippen LogP contribution >= 0.6 is 11.8 Å². The highest BCUT2D eigenvalue weighted by atomic mass is 32.2. The molecule has 2 aromatic rings. The highest BCUT2D eigenvalue weighted by Crippen LogP contribution is 2.28. The fourth-order valence-electron chi connectivity index (χ4n) is 2.38.